The molecule has 3 fully saturated rings. The minimum absolute atomic E-state index is 0.0517. The van der Waals surface area contributed by atoms with Crippen molar-refractivity contribution in [3.8, 4) is 0 Å². The van der Waals surface area contributed by atoms with Gasteiger partial charge in [0.05, 0.1) is 29.3 Å². The van der Waals surface area contributed by atoms with Gasteiger partial charge in [0.2, 0.25) is 0 Å². The number of nitrogens with zero attached hydrogens (tertiary/aromatic N) is 1. The quantitative estimate of drug-likeness (QED) is 0.683. The zero-order valence-electron chi connectivity index (χ0n) is 16.8. The Morgan fingerprint density at radius 2 is 1.68 bits per heavy atom. The first-order valence-electron chi connectivity index (χ1n) is 10.5. The molecule has 172 valence electrons. The number of ether oxygens (including phenoxy) is 1. The van der Waals surface area contributed by atoms with Crippen LogP contribution in [0.25, 0.3) is 0 Å². The molecule has 1 N–H and O–H groups in total. The minimum atomic E-state index is -5.09. The third kappa shape index (κ3) is 4.84. The minimum Gasteiger partial charge on any atom is -0.379 e. The van der Waals surface area contributed by atoms with E-state index < -0.39 is 46.9 Å². The van der Waals surface area contributed by atoms with E-state index in [1.165, 1.54) is 0 Å². The third-order valence-electron chi connectivity index (χ3n) is 6.29. The lowest BCUT2D eigenvalue weighted by molar-refractivity contribution is -0.143. The van der Waals surface area contributed by atoms with Crippen molar-refractivity contribution in [3.05, 3.63) is 34.4 Å². The molecule has 1 aromatic carbocycles. The average Bonchev–Trinajstić information content (AvgIpc) is 3.40. The van der Waals surface area contributed by atoms with Gasteiger partial charge in [-0.15, -0.1) is 0 Å². The molecule has 0 bridgehead atoms. The summed E-state index contributed by atoms with van der Waals surface area (Å²) in [6.07, 6.45) is -6.43. The van der Waals surface area contributed by atoms with Gasteiger partial charge < -0.3 is 10.1 Å². The standard InChI is InChI=1S/C21H24F6N2O2/c22-20(23,24)13-9-14(12-3-4-12)18(15(10-13)21(25,26)27)19(30)28-16-11-31-8-5-17(16)29-6-1-2-7-29/h9-10,12,16-17H,1-8,11H2,(H,28,30)/t16-,17?/m0/s1. The van der Waals surface area contributed by atoms with Gasteiger partial charge in [0, 0.05) is 12.6 Å². The summed E-state index contributed by atoms with van der Waals surface area (Å²) in [5.41, 5.74) is -3.77. The van der Waals surface area contributed by atoms with Crippen molar-refractivity contribution < 1.29 is 35.9 Å². The molecular weight excluding hydrogens is 426 g/mol. The number of hydrogen-bond acceptors (Lipinski definition) is 3. The predicted molar refractivity (Wildman–Crippen MR) is 99.7 cm³/mol. The monoisotopic (exact) mass is 450 g/mol. The molecule has 3 aliphatic rings. The van der Waals surface area contributed by atoms with E-state index in [2.05, 4.69) is 10.2 Å². The van der Waals surface area contributed by atoms with Crippen LogP contribution in [0.1, 0.15) is 65.1 Å². The molecule has 2 atom stereocenters. The topological polar surface area (TPSA) is 41.6 Å². The largest absolute Gasteiger partial charge is 0.417 e. The molecule has 1 amide bonds. The maximum absolute atomic E-state index is 13.8. The molecule has 31 heavy (non-hydrogen) atoms. The number of benzene rings is 1. The molecule has 0 aromatic heterocycles. The lowest BCUT2D eigenvalue weighted by Gasteiger charge is -2.38. The molecule has 0 radical (unpaired) electrons. The molecule has 1 saturated carbocycles. The van der Waals surface area contributed by atoms with Crippen molar-refractivity contribution in [2.75, 3.05) is 26.3 Å². The van der Waals surface area contributed by atoms with Crippen LogP contribution in [-0.4, -0.2) is 49.2 Å². The van der Waals surface area contributed by atoms with Crippen molar-refractivity contribution in [1.82, 2.24) is 10.2 Å². The Hall–Kier alpha value is -1.81. The highest BCUT2D eigenvalue weighted by molar-refractivity contribution is 5.98. The zero-order chi connectivity index (χ0) is 22.4. The maximum Gasteiger partial charge on any atom is 0.417 e. The number of hydrogen-bond donors (Lipinski definition) is 1. The van der Waals surface area contributed by atoms with Crippen LogP contribution >= 0.6 is 0 Å². The first-order valence-corrected chi connectivity index (χ1v) is 10.5. The van der Waals surface area contributed by atoms with Crippen molar-refractivity contribution >= 4 is 5.91 Å². The third-order valence-corrected chi connectivity index (χ3v) is 6.29. The number of rotatable bonds is 4. The zero-order valence-corrected chi connectivity index (χ0v) is 16.8. The molecule has 10 heteroatoms. The molecule has 2 saturated heterocycles. The number of nitrogens with one attached hydrogen (secondary N) is 1. The predicted octanol–water partition coefficient (Wildman–Crippen LogP) is 4.58. The van der Waals surface area contributed by atoms with Crippen LogP contribution < -0.4 is 5.32 Å². The van der Waals surface area contributed by atoms with E-state index in [1.807, 2.05) is 0 Å². The van der Waals surface area contributed by atoms with Gasteiger partial charge in [0.1, 0.15) is 0 Å². The summed E-state index contributed by atoms with van der Waals surface area (Å²) in [5, 5.41) is 2.67. The number of likely N-dealkylation sites (tertiary alicyclic amines) is 1. The van der Waals surface area contributed by atoms with Crippen molar-refractivity contribution in [2.45, 2.75) is 62.5 Å². The Labute approximate surface area is 175 Å². The van der Waals surface area contributed by atoms with E-state index >= 15 is 0 Å². The van der Waals surface area contributed by atoms with Gasteiger partial charge in [-0.25, -0.2) is 0 Å². The molecule has 2 aliphatic heterocycles. The van der Waals surface area contributed by atoms with Crippen molar-refractivity contribution in [2.24, 2.45) is 0 Å². The summed E-state index contributed by atoms with van der Waals surface area (Å²) in [6.45, 7) is 2.35. The smallest absolute Gasteiger partial charge is 0.379 e. The summed E-state index contributed by atoms with van der Waals surface area (Å²) >= 11 is 0. The Balaban J connectivity index is 1.69. The molecule has 2 heterocycles. The van der Waals surface area contributed by atoms with E-state index in [0.29, 0.717) is 31.9 Å². The summed E-state index contributed by atoms with van der Waals surface area (Å²) in [7, 11) is 0. The van der Waals surface area contributed by atoms with Gasteiger partial charge >= 0.3 is 12.4 Å². The second-order valence-corrected chi connectivity index (χ2v) is 8.51. The van der Waals surface area contributed by atoms with E-state index in [4.69, 9.17) is 4.74 Å². The molecule has 1 aliphatic carbocycles. The van der Waals surface area contributed by atoms with E-state index in [0.717, 1.165) is 25.9 Å². The molecule has 1 unspecified atom stereocenters. The average molecular weight is 450 g/mol. The first kappa shape index (κ1) is 22.4. The fourth-order valence-electron chi connectivity index (χ4n) is 4.64. The van der Waals surface area contributed by atoms with Crippen LogP contribution in [0.2, 0.25) is 0 Å². The van der Waals surface area contributed by atoms with Crippen LogP contribution in [0.3, 0.4) is 0 Å². The number of carbonyl (C=O) groups excluding carboxylic acids is 1. The summed E-state index contributed by atoms with van der Waals surface area (Å²) in [5.74, 6) is -1.45. The molecule has 0 spiro atoms. The van der Waals surface area contributed by atoms with Gasteiger partial charge in [0.25, 0.3) is 5.91 Å². The Kier molecular flexibility index (Phi) is 5.97. The molecular formula is C21H24F6N2O2. The van der Waals surface area contributed by atoms with E-state index in [1.54, 1.807) is 0 Å². The van der Waals surface area contributed by atoms with E-state index in [-0.39, 0.29) is 24.3 Å². The Morgan fingerprint density at radius 1 is 1.00 bits per heavy atom. The summed E-state index contributed by atoms with van der Waals surface area (Å²) < 4.78 is 86.5. The lowest BCUT2D eigenvalue weighted by atomic mass is 9.92. The fourth-order valence-corrected chi connectivity index (χ4v) is 4.64. The highest BCUT2D eigenvalue weighted by Gasteiger charge is 2.44. The Bertz CT molecular complexity index is 828. The number of carbonyl (C=O) groups is 1. The van der Waals surface area contributed by atoms with Gasteiger partial charge in [-0.2, -0.15) is 26.3 Å². The number of amides is 1. The maximum atomic E-state index is 13.8. The highest BCUT2D eigenvalue weighted by Crippen LogP contribution is 2.47. The molecule has 1 aromatic rings. The van der Waals surface area contributed by atoms with Crippen LogP contribution in [0.5, 0.6) is 0 Å². The van der Waals surface area contributed by atoms with Gasteiger partial charge in [-0.05, 0) is 68.8 Å². The van der Waals surface area contributed by atoms with Gasteiger partial charge in [0.15, 0.2) is 0 Å². The normalized spacial score (nSPS) is 25.6. The number of halogens is 6. The molecule has 4 nitrogen and oxygen atoms in total. The van der Waals surface area contributed by atoms with Crippen LogP contribution in [0.4, 0.5) is 26.3 Å². The fraction of sp³-hybridized carbons (Fsp3) is 0.667. The second-order valence-electron chi connectivity index (χ2n) is 8.51. The lowest BCUT2D eigenvalue weighted by Crippen LogP contribution is -2.56. The summed E-state index contributed by atoms with van der Waals surface area (Å²) in [6, 6.07) is 0.177. The van der Waals surface area contributed by atoms with E-state index in [9.17, 15) is 31.1 Å². The number of alkyl halides is 6. The first-order chi connectivity index (χ1) is 14.6. The highest BCUT2D eigenvalue weighted by atomic mass is 19.4. The van der Waals surface area contributed by atoms with Gasteiger partial charge in [-0.3, -0.25) is 9.69 Å². The molecule has 4 rings (SSSR count). The van der Waals surface area contributed by atoms with Crippen molar-refractivity contribution in [3.63, 3.8) is 0 Å². The SMILES string of the molecule is O=C(N[C@H]1COCCC1N1CCCC1)c1c(C2CC2)cc(C(F)(F)F)cc1C(F)(F)F. The summed E-state index contributed by atoms with van der Waals surface area (Å²) in [4.78, 5) is 15.3. The van der Waals surface area contributed by atoms with Crippen LogP contribution in [-0.2, 0) is 17.1 Å². The van der Waals surface area contributed by atoms with Crippen LogP contribution in [0.15, 0.2) is 12.1 Å². The second kappa shape index (κ2) is 8.27. The van der Waals surface area contributed by atoms with Crippen LogP contribution in [0, 0.1) is 0 Å². The van der Waals surface area contributed by atoms with Crippen molar-refractivity contribution in [1.29, 1.82) is 0 Å². The Morgan fingerprint density at radius 3 is 2.26 bits per heavy atom. The van der Waals surface area contributed by atoms with Gasteiger partial charge in [-0.1, -0.05) is 0 Å².